The van der Waals surface area contributed by atoms with Gasteiger partial charge < -0.3 is 9.84 Å². The minimum absolute atomic E-state index is 0.0486. The Morgan fingerprint density at radius 3 is 2.38 bits per heavy atom. The number of carboxylic acid groups (broad SMARTS) is 1. The molecule has 6 heteroatoms. The van der Waals surface area contributed by atoms with Gasteiger partial charge in [-0.1, -0.05) is 48.5 Å². The molecule has 0 fully saturated rings. The number of aryl methyl sites for hydroxylation is 3. The molecule has 0 saturated heterocycles. The molecule has 4 rings (SSSR count). The third-order valence-corrected chi connectivity index (χ3v) is 6.82. The molecule has 6 nitrogen and oxygen atoms in total. The molecule has 1 unspecified atom stereocenters. The molecule has 0 aliphatic carbocycles. The number of nitrogens with zero attached hydrogens (tertiary/aromatic N) is 2. The Kier molecular flexibility index (Phi) is 7.51. The summed E-state index contributed by atoms with van der Waals surface area (Å²) in [6.07, 6.45) is 0.411. The van der Waals surface area contributed by atoms with Gasteiger partial charge in [0, 0.05) is 28.9 Å². The van der Waals surface area contributed by atoms with Crippen molar-refractivity contribution >= 4 is 17.7 Å². The molecule has 0 spiro atoms. The molecule has 1 aromatic heterocycles. The van der Waals surface area contributed by atoms with E-state index in [1.807, 2.05) is 77.1 Å². The van der Waals surface area contributed by atoms with E-state index in [9.17, 15) is 14.7 Å². The molecule has 0 radical (unpaired) electrons. The number of rotatable bonds is 6. The molecule has 1 aliphatic rings. The Hall–Kier alpha value is -3.51. The zero-order valence-corrected chi connectivity index (χ0v) is 22.6. The van der Waals surface area contributed by atoms with Crippen LogP contribution in [0.15, 0.2) is 48.5 Å². The van der Waals surface area contributed by atoms with Gasteiger partial charge in [-0.15, -0.1) is 0 Å². The number of ether oxygens (including phenoxy) is 1. The van der Waals surface area contributed by atoms with Crippen LogP contribution >= 0.6 is 0 Å². The number of pyridine rings is 1. The molecule has 1 N–H and O–H groups in total. The maximum Gasteiger partial charge on any atom is 0.337 e. The SMILES string of the molecule is Cc1ccc(-c2c(C)nc3c(c2C(OC(C)(C)C)C(=O)O)CCCN3C(=O)Cc2ccccc2)cc1C. The smallest absolute Gasteiger partial charge is 0.337 e. The number of aromatic nitrogens is 1. The van der Waals surface area contributed by atoms with Crippen LogP contribution in [-0.4, -0.2) is 34.1 Å². The monoisotopic (exact) mass is 500 g/mol. The first kappa shape index (κ1) is 26.6. The van der Waals surface area contributed by atoms with Crippen LogP contribution in [0.3, 0.4) is 0 Å². The number of carbonyl (C=O) groups excluding carboxylic acids is 1. The summed E-state index contributed by atoms with van der Waals surface area (Å²) in [6, 6.07) is 15.8. The van der Waals surface area contributed by atoms with Crippen molar-refractivity contribution in [3.8, 4) is 11.1 Å². The van der Waals surface area contributed by atoms with Crippen LogP contribution in [0, 0.1) is 20.8 Å². The predicted molar refractivity (Wildman–Crippen MR) is 146 cm³/mol. The van der Waals surface area contributed by atoms with Crippen molar-refractivity contribution in [1.29, 1.82) is 0 Å². The third-order valence-electron chi connectivity index (χ3n) is 6.82. The van der Waals surface area contributed by atoms with Crippen LogP contribution in [0.4, 0.5) is 5.82 Å². The number of fused-ring (bicyclic) bond motifs is 1. The molecule has 37 heavy (non-hydrogen) atoms. The highest BCUT2D eigenvalue weighted by molar-refractivity contribution is 5.96. The first-order valence-electron chi connectivity index (χ1n) is 12.8. The number of carbonyl (C=O) groups is 2. The molecule has 1 amide bonds. The summed E-state index contributed by atoms with van der Waals surface area (Å²) in [4.78, 5) is 32.8. The van der Waals surface area contributed by atoms with Gasteiger partial charge >= 0.3 is 5.97 Å². The molecule has 0 bridgehead atoms. The minimum atomic E-state index is -1.20. The van der Waals surface area contributed by atoms with Crippen molar-refractivity contribution in [3.05, 3.63) is 82.0 Å². The number of hydrogen-bond acceptors (Lipinski definition) is 4. The van der Waals surface area contributed by atoms with Gasteiger partial charge in [0.25, 0.3) is 0 Å². The predicted octanol–water partition coefficient (Wildman–Crippen LogP) is 6.14. The lowest BCUT2D eigenvalue weighted by atomic mass is 9.86. The molecular weight excluding hydrogens is 464 g/mol. The average Bonchev–Trinajstić information content (AvgIpc) is 2.83. The number of anilines is 1. The maximum absolute atomic E-state index is 13.5. The van der Waals surface area contributed by atoms with E-state index < -0.39 is 17.7 Å². The fraction of sp³-hybridized carbons (Fsp3) is 0.387. The standard InChI is InChI=1S/C31H36N2O4/c1-19-14-15-23(17-20(19)2)26-21(3)32-29-24(27(26)28(30(35)36)37-31(4,5)6)13-10-16-33(29)25(34)18-22-11-8-7-9-12-22/h7-9,11-12,14-15,17,28H,10,13,16,18H2,1-6H3,(H,35,36). The zero-order chi connectivity index (χ0) is 26.9. The summed E-state index contributed by atoms with van der Waals surface area (Å²) in [6.45, 7) is 12.1. The van der Waals surface area contributed by atoms with Crippen molar-refractivity contribution < 1.29 is 19.4 Å². The Labute approximate surface area is 219 Å². The molecule has 0 saturated carbocycles. The highest BCUT2D eigenvalue weighted by atomic mass is 16.5. The average molecular weight is 501 g/mol. The maximum atomic E-state index is 13.5. The van der Waals surface area contributed by atoms with Gasteiger partial charge in [0.1, 0.15) is 5.82 Å². The number of hydrogen-bond donors (Lipinski definition) is 1. The molecule has 1 aliphatic heterocycles. The first-order valence-corrected chi connectivity index (χ1v) is 12.8. The third kappa shape index (κ3) is 5.75. The largest absolute Gasteiger partial charge is 0.479 e. The van der Waals surface area contributed by atoms with E-state index in [0.29, 0.717) is 30.0 Å². The molecule has 1 atom stereocenters. The highest BCUT2D eigenvalue weighted by Crippen LogP contribution is 2.42. The summed E-state index contributed by atoms with van der Waals surface area (Å²) in [5.41, 5.74) is 6.26. The van der Waals surface area contributed by atoms with Crippen molar-refractivity contribution in [2.75, 3.05) is 11.4 Å². The van der Waals surface area contributed by atoms with E-state index in [2.05, 4.69) is 13.0 Å². The normalized spacial score (nSPS) is 14.3. The lowest BCUT2D eigenvalue weighted by molar-refractivity contribution is -0.160. The number of carboxylic acids is 1. The summed E-state index contributed by atoms with van der Waals surface area (Å²) < 4.78 is 6.18. The lowest BCUT2D eigenvalue weighted by Crippen LogP contribution is -2.39. The second kappa shape index (κ2) is 10.5. The van der Waals surface area contributed by atoms with E-state index in [-0.39, 0.29) is 12.3 Å². The van der Waals surface area contributed by atoms with Gasteiger partial charge in [0.05, 0.1) is 12.0 Å². The van der Waals surface area contributed by atoms with E-state index in [0.717, 1.165) is 39.8 Å². The highest BCUT2D eigenvalue weighted by Gasteiger charge is 2.36. The van der Waals surface area contributed by atoms with Crippen LogP contribution < -0.4 is 4.90 Å². The first-order chi connectivity index (χ1) is 17.5. The van der Waals surface area contributed by atoms with Crippen molar-refractivity contribution in [2.24, 2.45) is 0 Å². The van der Waals surface area contributed by atoms with Gasteiger partial charge in [-0.05, 0) is 76.6 Å². The van der Waals surface area contributed by atoms with E-state index >= 15 is 0 Å². The summed E-state index contributed by atoms with van der Waals surface area (Å²) in [5, 5.41) is 10.4. The van der Waals surface area contributed by atoms with E-state index in [1.165, 1.54) is 0 Å². The fourth-order valence-electron chi connectivity index (χ4n) is 4.98. The van der Waals surface area contributed by atoms with E-state index in [4.69, 9.17) is 9.72 Å². The van der Waals surface area contributed by atoms with Crippen LogP contribution in [0.5, 0.6) is 0 Å². The Bertz CT molecular complexity index is 1330. The summed E-state index contributed by atoms with van der Waals surface area (Å²) >= 11 is 0. The number of amides is 1. The Balaban J connectivity index is 1.92. The van der Waals surface area contributed by atoms with Gasteiger partial charge in [0.15, 0.2) is 6.10 Å². The van der Waals surface area contributed by atoms with Crippen LogP contribution in [0.25, 0.3) is 11.1 Å². The minimum Gasteiger partial charge on any atom is -0.479 e. The van der Waals surface area contributed by atoms with Gasteiger partial charge in [-0.25, -0.2) is 9.78 Å². The molecule has 2 heterocycles. The van der Waals surface area contributed by atoms with Crippen LogP contribution in [0.1, 0.15) is 66.8 Å². The van der Waals surface area contributed by atoms with Crippen LogP contribution in [-0.2, 0) is 27.2 Å². The molecule has 194 valence electrons. The quantitative estimate of drug-likeness (QED) is 0.440. The van der Waals surface area contributed by atoms with E-state index in [1.54, 1.807) is 4.90 Å². The molecule has 2 aromatic carbocycles. The lowest BCUT2D eigenvalue weighted by Gasteiger charge is -2.34. The molecular formula is C31H36N2O4. The number of benzene rings is 2. The second-order valence-electron chi connectivity index (χ2n) is 10.8. The van der Waals surface area contributed by atoms with Gasteiger partial charge in [-0.2, -0.15) is 0 Å². The van der Waals surface area contributed by atoms with Gasteiger partial charge in [-0.3, -0.25) is 9.69 Å². The van der Waals surface area contributed by atoms with Crippen LogP contribution in [0.2, 0.25) is 0 Å². The van der Waals surface area contributed by atoms with Crippen molar-refractivity contribution in [2.45, 2.75) is 72.5 Å². The topological polar surface area (TPSA) is 79.7 Å². The van der Waals surface area contributed by atoms with Crippen molar-refractivity contribution in [3.63, 3.8) is 0 Å². The fourth-order valence-corrected chi connectivity index (χ4v) is 4.98. The Morgan fingerprint density at radius 1 is 1.05 bits per heavy atom. The molecule has 3 aromatic rings. The summed E-state index contributed by atoms with van der Waals surface area (Å²) in [5.74, 6) is -0.552. The Morgan fingerprint density at radius 2 is 1.76 bits per heavy atom. The second-order valence-corrected chi connectivity index (χ2v) is 10.8. The zero-order valence-electron chi connectivity index (χ0n) is 22.6. The summed E-state index contributed by atoms with van der Waals surface area (Å²) in [7, 11) is 0. The van der Waals surface area contributed by atoms with Crippen molar-refractivity contribution in [1.82, 2.24) is 4.98 Å². The number of aliphatic carboxylic acids is 1. The van der Waals surface area contributed by atoms with Gasteiger partial charge in [0.2, 0.25) is 5.91 Å².